The van der Waals surface area contributed by atoms with Crippen molar-refractivity contribution >= 4 is 131 Å². The number of alkyl carbamates (subject to hydrolysis) is 1. The van der Waals surface area contributed by atoms with Crippen molar-refractivity contribution in [3.63, 3.8) is 0 Å². The largest absolute Gasteiger partial charge is 0.495 e. The van der Waals surface area contributed by atoms with Crippen LogP contribution in [-0.2, 0) is 112 Å². The van der Waals surface area contributed by atoms with E-state index in [2.05, 4.69) is 42.5 Å². The second-order valence-electron chi connectivity index (χ2n) is 35.4. The molecule has 4 aromatic carbocycles. The van der Waals surface area contributed by atoms with Crippen molar-refractivity contribution in [1.82, 2.24) is 47.4 Å². The summed E-state index contributed by atoms with van der Waals surface area (Å²) >= 11 is 6.94. The number of carbonyl (C=O) groups is 11. The Hall–Kier alpha value is -8.72. The monoisotopic (exact) mass is 2000 g/mol. The molecule has 0 radical (unpaired) electrons. The minimum atomic E-state index is -2.38. The van der Waals surface area contributed by atoms with Gasteiger partial charge in [0.1, 0.15) is 58.8 Å². The number of nitrogens with two attached hydrogens (primary N) is 1. The highest BCUT2D eigenvalue weighted by Crippen LogP contribution is 2.65. The van der Waals surface area contributed by atoms with Crippen LogP contribution in [0.1, 0.15) is 121 Å². The van der Waals surface area contributed by atoms with Crippen LogP contribution in [0.25, 0.3) is 5.57 Å². The van der Waals surface area contributed by atoms with E-state index in [9.17, 15) is 54.0 Å². The molecule has 752 valence electrons. The van der Waals surface area contributed by atoms with Gasteiger partial charge in [-0.2, -0.15) is 0 Å². The van der Waals surface area contributed by atoms with Gasteiger partial charge in [-0.25, -0.2) is 9.59 Å². The van der Waals surface area contributed by atoms with E-state index in [-0.39, 0.29) is 80.9 Å². The van der Waals surface area contributed by atoms with Gasteiger partial charge < -0.3 is 116 Å². The number of benzene rings is 4. The smallest absolute Gasteiger partial charge is 0.409 e. The number of likely N-dealkylation sites (N-methyl/N-ethyl adjacent to an activating group) is 1. The second-order valence-corrected chi connectivity index (χ2v) is 41.0. The standard InChI is InChI=1S/C97H134ClN11O24S4/c1-58-23-21-31-79(126-10)97(124)85-84(131-94(123)107-97)59(2)86-95(6,132-86)96(85,54-81(115)109(8)76-50-65(47-58)51-78(125-9)82(76)98)133-93(122)60(3)108(7)80(114)34-45-134-135-46-44-130-43-42-129-41-40-128-39-38-127-37-22-36-100-71(49-64-26-15-12-16-27-64)89(118)104-74-56-136-137-57-75(91(120)103-73(55-110)61(4)111)105-92(121)83(62(5)112)106-88(117)70(30-19-20-35-99)101-90(119)72(52-67-33-32-66-28-17-18-29-69(66)67)102-87(116)68(53-77(74)113)48-63-24-13-11-14-25-63/h11-18,21,23-29,31,33,50-51,59-62,68,70-75,79,83-86,100,110-112,124H,19-20,22,30,32,34-49,52-57,99H2,1-10H3,(H,101,119)(H,102,116)(H,103,120)(H,104,118)(H,105,121)(H,106,117)(H,107,123)/b31-21+,58-23+/t59-,60+,61-,62-,68-,70+,71-,72-,73-,74+,75+,79-,83+,84-,85?,86+,95-,96-,97-/m1/s1. The fourth-order valence-corrected chi connectivity index (χ4v) is 22.1. The summed E-state index contributed by atoms with van der Waals surface area (Å²) in [4.78, 5) is 164. The highest BCUT2D eigenvalue weighted by Gasteiger charge is 2.83. The number of methoxy groups -OCH3 is 2. The third kappa shape index (κ3) is 30.2. The van der Waals surface area contributed by atoms with Crippen LogP contribution in [0.4, 0.5) is 10.5 Å². The van der Waals surface area contributed by atoms with Crippen molar-refractivity contribution in [2.24, 2.45) is 23.5 Å². The number of aliphatic hydroxyl groups excluding tert-OH is 3. The van der Waals surface area contributed by atoms with Crippen molar-refractivity contribution < 1.29 is 116 Å². The number of Topliss-reactive ketones (excluding diaryl/α,β-unsaturated/α-hetero) is 1. The van der Waals surface area contributed by atoms with Crippen LogP contribution in [0.5, 0.6) is 5.75 Å². The quantitative estimate of drug-likeness (QED) is 0.0111. The van der Waals surface area contributed by atoms with Gasteiger partial charge in [-0.15, -0.1) is 0 Å². The van der Waals surface area contributed by atoms with Crippen molar-refractivity contribution in [1.29, 1.82) is 0 Å². The number of ether oxygens (including phenoxy) is 9. The number of halogens is 1. The number of hydrogen-bond donors (Lipinski definition) is 13. The van der Waals surface area contributed by atoms with Gasteiger partial charge in [0.15, 0.2) is 17.1 Å². The molecular weight excluding hydrogens is 1870 g/mol. The molecule has 0 spiro atoms. The number of esters is 1. The molecule has 19 atom stereocenters. The second kappa shape index (κ2) is 53.8. The summed E-state index contributed by atoms with van der Waals surface area (Å²) < 4.78 is 54.0. The number of amides is 9. The van der Waals surface area contributed by atoms with Gasteiger partial charge in [0.05, 0.1) is 114 Å². The van der Waals surface area contributed by atoms with E-state index in [0.717, 1.165) is 55.0 Å². The molecule has 4 fully saturated rings. The van der Waals surface area contributed by atoms with Crippen LogP contribution < -0.4 is 57.9 Å². The summed E-state index contributed by atoms with van der Waals surface area (Å²) in [5.74, 6) is -9.25. The number of ketones is 1. The first-order valence-corrected chi connectivity index (χ1v) is 51.8. The Balaban J connectivity index is 0.692. The number of nitrogens with zero attached hydrogens (tertiary/aromatic N) is 2. The SMILES string of the molecule is COc1cc2cc(c1Cl)N(C)C(=O)C[C@@]1(OC(=O)[C@H](C)N(C)C(=O)CCSSCCOCCOCCOCCOCCCN[C@H](Cc3ccccc3)C(=O)N[C@H]3CSSC[C@@H](C(=O)N[C@H](CO)[C@@H](C)O)NC(=O)[C@H]([C@@H](C)O)NC(=O)[C@H](CCCCN)NC(=O)[C@@H](CC4=CCc5ccccc54)NC(=O)[C@H](Cc4ccccc4)CC3=O)C3[C@H](OC(=O)N[C@@]3(O)[C@H](OC)/C=C/C=C(\C)C2)[C@@H](C)[C@@H]2O[C@]21C. The van der Waals surface area contributed by atoms with E-state index in [1.165, 1.54) is 80.5 Å². The zero-order valence-electron chi connectivity index (χ0n) is 79.3. The molecule has 137 heavy (non-hydrogen) atoms. The lowest BCUT2D eigenvalue weighted by molar-refractivity contribution is -0.265. The molecule has 1 saturated carbocycles. The Kier molecular flexibility index (Phi) is 43.3. The first-order valence-electron chi connectivity index (χ1n) is 46.5. The Morgan fingerprint density at radius 1 is 0.781 bits per heavy atom. The van der Waals surface area contributed by atoms with Crippen LogP contribution in [-0.4, -0.2) is 310 Å². The number of aliphatic hydroxyl groups is 4. The summed E-state index contributed by atoms with van der Waals surface area (Å²) in [7, 11) is 10.9. The Labute approximate surface area is 821 Å². The number of epoxide rings is 1. The third-order valence-corrected chi connectivity index (χ3v) is 30.7. The molecule has 0 aromatic heterocycles. The van der Waals surface area contributed by atoms with Crippen molar-refractivity contribution in [2.75, 3.05) is 129 Å². The van der Waals surface area contributed by atoms with E-state index in [4.69, 9.17) is 60.0 Å². The molecule has 6 aliphatic rings. The van der Waals surface area contributed by atoms with Gasteiger partial charge in [-0.05, 0) is 145 Å². The minimum absolute atomic E-state index is 0.0222. The molecule has 4 aliphatic heterocycles. The molecule has 9 amide bonds. The molecule has 2 bridgehead atoms. The van der Waals surface area contributed by atoms with Crippen molar-refractivity contribution in [3.8, 4) is 5.75 Å². The summed E-state index contributed by atoms with van der Waals surface area (Å²) in [5, 5.41) is 67.6. The lowest BCUT2D eigenvalue weighted by atomic mass is 9.57. The molecule has 1 unspecified atom stereocenters. The average molecular weight is 2000 g/mol. The average Bonchev–Trinajstić information content (AvgIpc) is 1.49. The van der Waals surface area contributed by atoms with Gasteiger partial charge in [-0.1, -0.05) is 177 Å². The number of carbonyl (C=O) groups excluding carboxylic acids is 11. The summed E-state index contributed by atoms with van der Waals surface area (Å²) in [6.07, 6.45) is 1.53. The fraction of sp³-hybridized carbons (Fsp3) is 0.577. The van der Waals surface area contributed by atoms with E-state index < -0.39 is 192 Å². The maximum atomic E-state index is 15.4. The van der Waals surface area contributed by atoms with Gasteiger partial charge >= 0.3 is 12.1 Å². The van der Waals surface area contributed by atoms with E-state index in [0.29, 0.717) is 100 Å². The van der Waals surface area contributed by atoms with Gasteiger partial charge in [0.2, 0.25) is 47.3 Å². The summed E-state index contributed by atoms with van der Waals surface area (Å²) in [6, 6.07) is 19.1. The van der Waals surface area contributed by atoms with E-state index in [1.807, 2.05) is 91.9 Å². The highest BCUT2D eigenvalue weighted by atomic mass is 35.5. The fourth-order valence-electron chi connectivity index (χ4n) is 17.6. The summed E-state index contributed by atoms with van der Waals surface area (Å²) in [6.45, 7) is 11.8. The minimum Gasteiger partial charge on any atom is -0.495 e. The normalized spacial score (nSPS) is 26.8. The number of hydrogen-bond acceptors (Lipinski definition) is 30. The number of anilines is 1. The number of unbranched alkanes of at least 4 members (excludes halogenated alkanes) is 1. The first kappa shape index (κ1) is 110. The molecular formula is C97H134ClN11O24S4. The van der Waals surface area contributed by atoms with Gasteiger partial charge in [-0.3, -0.25) is 48.5 Å². The van der Waals surface area contributed by atoms with Crippen LogP contribution in [0.3, 0.4) is 0 Å². The van der Waals surface area contributed by atoms with Crippen molar-refractivity contribution in [2.45, 2.75) is 214 Å². The van der Waals surface area contributed by atoms with Crippen molar-refractivity contribution in [3.05, 3.63) is 160 Å². The molecule has 4 aromatic rings. The molecule has 10 rings (SSSR count). The molecule has 3 saturated heterocycles. The van der Waals surface area contributed by atoms with E-state index in [1.54, 1.807) is 50.3 Å². The molecule has 2 aliphatic carbocycles. The van der Waals surface area contributed by atoms with Crippen LogP contribution in [0.15, 0.2) is 127 Å². The maximum Gasteiger partial charge on any atom is 0.409 e. The predicted molar refractivity (Wildman–Crippen MR) is 524 cm³/mol. The predicted octanol–water partition coefficient (Wildman–Crippen LogP) is 5.59. The number of rotatable bonds is 43. The molecule has 35 nitrogen and oxygen atoms in total. The van der Waals surface area contributed by atoms with Crippen LogP contribution in [0.2, 0.25) is 5.02 Å². The topological polar surface area (TPSA) is 484 Å². The van der Waals surface area contributed by atoms with E-state index >= 15 is 19.2 Å². The summed E-state index contributed by atoms with van der Waals surface area (Å²) in [5.41, 5.74) is 6.03. The number of allylic oxidation sites excluding steroid dienone is 4. The zero-order chi connectivity index (χ0) is 99.1. The van der Waals surface area contributed by atoms with Crippen LogP contribution >= 0.6 is 54.8 Å². The molecule has 4 heterocycles. The zero-order valence-corrected chi connectivity index (χ0v) is 83.3. The number of nitrogens with one attached hydrogen (secondary N) is 8. The highest BCUT2D eigenvalue weighted by molar-refractivity contribution is 8.77. The first-order chi connectivity index (χ1) is 65.7. The lowest BCUT2D eigenvalue weighted by Crippen LogP contribution is -2.79. The van der Waals surface area contributed by atoms with Crippen LogP contribution in [0, 0.1) is 17.8 Å². The maximum absolute atomic E-state index is 15.4. The molecule has 14 N–H and O–H groups in total. The number of fused-ring (bicyclic) bond motifs is 5. The Morgan fingerprint density at radius 3 is 2.10 bits per heavy atom. The van der Waals surface area contributed by atoms with Gasteiger partial charge in [0, 0.05) is 81.9 Å². The third-order valence-electron chi connectivity index (χ3n) is 25.6. The Morgan fingerprint density at radius 2 is 1.43 bits per heavy atom. The molecule has 40 heteroatoms. The Bertz CT molecular complexity index is 4840. The lowest BCUT2D eigenvalue weighted by Gasteiger charge is -2.58. The van der Waals surface area contributed by atoms with Gasteiger partial charge in [0.25, 0.3) is 0 Å².